The van der Waals surface area contributed by atoms with Gasteiger partial charge in [-0.15, -0.1) is 0 Å². The highest BCUT2D eigenvalue weighted by atomic mass is 35.5. The summed E-state index contributed by atoms with van der Waals surface area (Å²) in [6, 6.07) is 8.13. The first-order valence-electron chi connectivity index (χ1n) is 6.46. The Bertz CT molecular complexity index is 573. The molecule has 3 heteroatoms. The molecular formula is C15H18ClNO. The summed E-state index contributed by atoms with van der Waals surface area (Å²) in [7, 11) is 0. The number of ether oxygens (including phenoxy) is 1. The molecule has 1 aromatic heterocycles. The molecule has 1 aromatic carbocycles. The lowest BCUT2D eigenvalue weighted by molar-refractivity contribution is -0.0212. The minimum atomic E-state index is 0.0330. The number of benzene rings is 1. The van der Waals surface area contributed by atoms with Crippen LogP contribution in [-0.2, 0) is 11.3 Å². The fourth-order valence-electron chi connectivity index (χ4n) is 2.77. The van der Waals surface area contributed by atoms with Crippen molar-refractivity contribution in [2.75, 3.05) is 0 Å². The zero-order chi connectivity index (χ0) is 12.8. The average Bonchev–Trinajstić information content (AvgIpc) is 2.85. The van der Waals surface area contributed by atoms with Crippen molar-refractivity contribution in [3.63, 3.8) is 0 Å². The summed E-state index contributed by atoms with van der Waals surface area (Å²) in [5.74, 6) is 0. The molecule has 18 heavy (non-hydrogen) atoms. The Morgan fingerprint density at radius 1 is 1.39 bits per heavy atom. The van der Waals surface area contributed by atoms with E-state index < -0.39 is 0 Å². The Kier molecular flexibility index (Phi) is 2.87. The second-order valence-electron chi connectivity index (χ2n) is 5.68. The maximum Gasteiger partial charge on any atom is 0.0762 e. The Morgan fingerprint density at radius 2 is 2.22 bits per heavy atom. The Hall–Kier alpha value is -0.990. The van der Waals surface area contributed by atoms with Crippen molar-refractivity contribution in [3.8, 4) is 0 Å². The van der Waals surface area contributed by atoms with Gasteiger partial charge < -0.3 is 9.30 Å². The zero-order valence-corrected chi connectivity index (χ0v) is 11.6. The smallest absolute Gasteiger partial charge is 0.0762 e. The van der Waals surface area contributed by atoms with Gasteiger partial charge in [-0.05, 0) is 44.9 Å². The fraction of sp³-hybridized carbons (Fsp3) is 0.467. The molecule has 1 atom stereocenters. The summed E-state index contributed by atoms with van der Waals surface area (Å²) in [6.07, 6.45) is 4.69. The van der Waals surface area contributed by atoms with E-state index >= 15 is 0 Å². The van der Waals surface area contributed by atoms with Gasteiger partial charge in [0.2, 0.25) is 0 Å². The largest absolute Gasteiger partial charge is 0.370 e. The van der Waals surface area contributed by atoms with E-state index in [0.717, 1.165) is 29.8 Å². The van der Waals surface area contributed by atoms with E-state index in [2.05, 4.69) is 36.7 Å². The van der Waals surface area contributed by atoms with Crippen LogP contribution in [0.25, 0.3) is 10.9 Å². The molecule has 2 heterocycles. The van der Waals surface area contributed by atoms with Crippen LogP contribution in [0, 0.1) is 0 Å². The number of rotatable bonds is 2. The third kappa shape index (κ3) is 2.15. The highest BCUT2D eigenvalue weighted by Crippen LogP contribution is 2.31. The third-order valence-electron chi connectivity index (χ3n) is 3.71. The van der Waals surface area contributed by atoms with Gasteiger partial charge in [0.1, 0.15) is 0 Å². The Morgan fingerprint density at radius 3 is 2.94 bits per heavy atom. The van der Waals surface area contributed by atoms with E-state index in [1.807, 2.05) is 12.1 Å². The Balaban J connectivity index is 1.86. The van der Waals surface area contributed by atoms with Crippen LogP contribution in [0.5, 0.6) is 0 Å². The SMILES string of the molecule is CC1(C)CCC(Cn2ccc3c(Cl)cccc32)O1. The molecule has 2 nitrogen and oxygen atoms in total. The monoisotopic (exact) mass is 263 g/mol. The predicted octanol–water partition coefficient (Wildman–Crippen LogP) is 4.25. The number of nitrogens with zero attached hydrogens (tertiary/aromatic N) is 1. The van der Waals surface area contributed by atoms with Crippen LogP contribution in [0.15, 0.2) is 30.5 Å². The maximum atomic E-state index is 6.19. The van der Waals surface area contributed by atoms with E-state index in [-0.39, 0.29) is 5.60 Å². The second-order valence-corrected chi connectivity index (χ2v) is 6.09. The summed E-state index contributed by atoms with van der Waals surface area (Å²) in [5.41, 5.74) is 1.22. The molecule has 0 saturated carbocycles. The van der Waals surface area contributed by atoms with Crippen LogP contribution in [0.2, 0.25) is 5.02 Å². The molecule has 0 spiro atoms. The maximum absolute atomic E-state index is 6.19. The predicted molar refractivity (Wildman–Crippen MR) is 75.1 cm³/mol. The van der Waals surface area contributed by atoms with Gasteiger partial charge >= 0.3 is 0 Å². The molecule has 1 aliphatic heterocycles. The number of hydrogen-bond acceptors (Lipinski definition) is 1. The average molecular weight is 264 g/mol. The van der Waals surface area contributed by atoms with E-state index in [1.54, 1.807) is 0 Å². The van der Waals surface area contributed by atoms with Crippen molar-refractivity contribution in [3.05, 3.63) is 35.5 Å². The third-order valence-corrected chi connectivity index (χ3v) is 4.04. The first-order chi connectivity index (χ1) is 8.55. The van der Waals surface area contributed by atoms with Gasteiger partial charge in [0.05, 0.1) is 11.7 Å². The summed E-state index contributed by atoms with van der Waals surface area (Å²) < 4.78 is 8.29. The lowest BCUT2D eigenvalue weighted by Crippen LogP contribution is -2.22. The van der Waals surface area contributed by atoms with E-state index in [9.17, 15) is 0 Å². The van der Waals surface area contributed by atoms with Crippen molar-refractivity contribution < 1.29 is 4.74 Å². The van der Waals surface area contributed by atoms with Crippen LogP contribution in [0.4, 0.5) is 0 Å². The van der Waals surface area contributed by atoms with Crippen molar-refractivity contribution in [1.82, 2.24) is 4.57 Å². The molecule has 3 rings (SSSR count). The molecule has 1 fully saturated rings. The molecule has 0 amide bonds. The fourth-order valence-corrected chi connectivity index (χ4v) is 3.00. The number of halogens is 1. The van der Waals surface area contributed by atoms with Gasteiger partial charge in [0.25, 0.3) is 0 Å². The topological polar surface area (TPSA) is 14.2 Å². The molecule has 0 bridgehead atoms. The van der Waals surface area contributed by atoms with Crippen molar-refractivity contribution >= 4 is 22.5 Å². The quantitative estimate of drug-likeness (QED) is 0.790. The highest BCUT2D eigenvalue weighted by Gasteiger charge is 2.31. The second kappa shape index (κ2) is 4.29. The number of hydrogen-bond donors (Lipinski definition) is 0. The lowest BCUT2D eigenvalue weighted by atomic mass is 10.1. The van der Waals surface area contributed by atoms with Crippen molar-refractivity contribution in [2.45, 2.75) is 44.9 Å². The van der Waals surface area contributed by atoms with Gasteiger partial charge in [-0.1, -0.05) is 17.7 Å². The molecule has 2 aromatic rings. The number of aromatic nitrogens is 1. The Labute approximate surface area is 112 Å². The van der Waals surface area contributed by atoms with E-state index in [4.69, 9.17) is 16.3 Å². The molecule has 1 saturated heterocycles. The van der Waals surface area contributed by atoms with Gasteiger partial charge in [-0.3, -0.25) is 0 Å². The highest BCUT2D eigenvalue weighted by molar-refractivity contribution is 6.35. The summed E-state index contributed by atoms with van der Waals surface area (Å²) in [6.45, 7) is 5.24. The number of fused-ring (bicyclic) bond motifs is 1. The summed E-state index contributed by atoms with van der Waals surface area (Å²) >= 11 is 6.19. The van der Waals surface area contributed by atoms with Crippen LogP contribution < -0.4 is 0 Å². The first-order valence-corrected chi connectivity index (χ1v) is 6.84. The van der Waals surface area contributed by atoms with Crippen molar-refractivity contribution in [1.29, 1.82) is 0 Å². The normalized spacial score (nSPS) is 22.7. The molecular weight excluding hydrogens is 246 g/mol. The molecule has 0 aliphatic carbocycles. The van der Waals surface area contributed by atoms with E-state index in [0.29, 0.717) is 6.10 Å². The molecule has 0 radical (unpaired) electrons. The van der Waals surface area contributed by atoms with Crippen LogP contribution >= 0.6 is 11.6 Å². The summed E-state index contributed by atoms with van der Waals surface area (Å²) in [5, 5.41) is 1.94. The van der Waals surface area contributed by atoms with E-state index in [1.165, 1.54) is 5.52 Å². The minimum Gasteiger partial charge on any atom is -0.370 e. The molecule has 96 valence electrons. The minimum absolute atomic E-state index is 0.0330. The van der Waals surface area contributed by atoms with Gasteiger partial charge in [-0.25, -0.2) is 0 Å². The van der Waals surface area contributed by atoms with Crippen molar-refractivity contribution in [2.24, 2.45) is 0 Å². The van der Waals surface area contributed by atoms with Crippen LogP contribution in [-0.4, -0.2) is 16.3 Å². The lowest BCUT2D eigenvalue weighted by Gasteiger charge is -2.19. The standard InChI is InChI=1S/C15H18ClNO/c1-15(2)8-6-11(18-15)10-17-9-7-12-13(16)4-3-5-14(12)17/h3-5,7,9,11H,6,8,10H2,1-2H3. The van der Waals surface area contributed by atoms with Crippen LogP contribution in [0.1, 0.15) is 26.7 Å². The molecule has 0 N–H and O–H groups in total. The zero-order valence-electron chi connectivity index (χ0n) is 10.8. The first kappa shape index (κ1) is 12.1. The van der Waals surface area contributed by atoms with Crippen LogP contribution in [0.3, 0.4) is 0 Å². The summed E-state index contributed by atoms with van der Waals surface area (Å²) in [4.78, 5) is 0. The molecule has 1 unspecified atom stereocenters. The van der Waals surface area contributed by atoms with Gasteiger partial charge in [0, 0.05) is 28.7 Å². The molecule has 1 aliphatic rings. The van der Waals surface area contributed by atoms with Gasteiger partial charge in [0.15, 0.2) is 0 Å². The van der Waals surface area contributed by atoms with Gasteiger partial charge in [-0.2, -0.15) is 0 Å².